The third kappa shape index (κ3) is 9.61. The first kappa shape index (κ1) is 28.1. The fourth-order valence-corrected chi connectivity index (χ4v) is 3.08. The van der Waals surface area contributed by atoms with E-state index in [1.165, 1.54) is 12.1 Å². The Bertz CT molecular complexity index is 859. The van der Waals surface area contributed by atoms with Crippen molar-refractivity contribution in [1.29, 1.82) is 0 Å². The van der Waals surface area contributed by atoms with Crippen molar-refractivity contribution in [2.75, 3.05) is 0 Å². The second-order valence-corrected chi connectivity index (χ2v) is 9.11. The van der Waals surface area contributed by atoms with Crippen LogP contribution in [0.3, 0.4) is 0 Å². The Labute approximate surface area is 194 Å². The molecule has 0 saturated heterocycles. The first-order valence-electron chi connectivity index (χ1n) is 11.0. The fraction of sp³-hybridized carbons (Fsp3) is 0.583. The summed E-state index contributed by atoms with van der Waals surface area (Å²) in [6.45, 7) is 10.6. The molecular weight excluding hydrogens is 430 g/mol. The van der Waals surface area contributed by atoms with E-state index in [9.17, 15) is 24.3 Å². The summed E-state index contributed by atoms with van der Waals surface area (Å²) in [6, 6.07) is 3.10. The van der Waals surface area contributed by atoms with Crippen molar-refractivity contribution in [3.63, 3.8) is 0 Å². The molecule has 0 fully saturated rings. The number of hydrogen-bond acceptors (Lipinski definition) is 8. The Balaban J connectivity index is 3.25. The summed E-state index contributed by atoms with van der Waals surface area (Å²) in [4.78, 5) is 47.5. The van der Waals surface area contributed by atoms with Crippen molar-refractivity contribution >= 4 is 23.9 Å². The summed E-state index contributed by atoms with van der Waals surface area (Å²) in [6.07, 6.45) is -0.0772. The van der Waals surface area contributed by atoms with E-state index in [0.29, 0.717) is 5.56 Å². The third-order valence-corrected chi connectivity index (χ3v) is 4.73. The molecular formula is C24H35NO8. The lowest BCUT2D eigenvalue weighted by Crippen LogP contribution is -2.38. The molecule has 3 atom stereocenters. The average molecular weight is 466 g/mol. The van der Waals surface area contributed by atoms with Gasteiger partial charge in [-0.1, -0.05) is 40.7 Å². The van der Waals surface area contributed by atoms with Gasteiger partial charge in [-0.25, -0.2) is 0 Å². The molecule has 0 radical (unpaired) electrons. The number of aliphatic carboxylic acids is 1. The van der Waals surface area contributed by atoms with Gasteiger partial charge in [-0.15, -0.1) is 0 Å². The smallest absolute Gasteiger partial charge is 0.321 e. The summed E-state index contributed by atoms with van der Waals surface area (Å²) in [5.41, 5.74) is 6.15. The van der Waals surface area contributed by atoms with Crippen LogP contribution in [0, 0.1) is 5.41 Å². The summed E-state index contributed by atoms with van der Waals surface area (Å²) in [5, 5.41) is 9.53. The quantitative estimate of drug-likeness (QED) is 0.370. The molecule has 1 rings (SSSR count). The normalized spacial score (nSPS) is 14.0. The molecule has 0 aliphatic carbocycles. The summed E-state index contributed by atoms with van der Waals surface area (Å²) >= 11 is 0. The molecule has 0 bridgehead atoms. The van der Waals surface area contributed by atoms with Gasteiger partial charge in [0, 0.05) is 18.8 Å². The predicted octanol–water partition coefficient (Wildman–Crippen LogP) is 3.57. The monoisotopic (exact) mass is 465 g/mol. The molecule has 9 nitrogen and oxygen atoms in total. The van der Waals surface area contributed by atoms with Gasteiger partial charge in [0.25, 0.3) is 0 Å². The van der Waals surface area contributed by atoms with Crippen LogP contribution in [-0.4, -0.2) is 41.1 Å². The Morgan fingerprint density at radius 1 is 0.970 bits per heavy atom. The van der Waals surface area contributed by atoms with Crippen molar-refractivity contribution in [3.05, 3.63) is 23.8 Å². The van der Waals surface area contributed by atoms with Crippen LogP contribution in [-0.2, 0) is 23.9 Å². The molecule has 0 heterocycles. The Morgan fingerprint density at radius 2 is 1.52 bits per heavy atom. The van der Waals surface area contributed by atoms with Gasteiger partial charge in [-0.3, -0.25) is 19.2 Å². The summed E-state index contributed by atoms with van der Waals surface area (Å²) in [7, 11) is 0. The highest BCUT2D eigenvalue weighted by atomic mass is 16.6. The van der Waals surface area contributed by atoms with Gasteiger partial charge < -0.3 is 25.1 Å². The van der Waals surface area contributed by atoms with E-state index in [1.54, 1.807) is 26.8 Å². The van der Waals surface area contributed by atoms with Crippen molar-refractivity contribution in [3.8, 4) is 11.5 Å². The molecule has 0 saturated carbocycles. The van der Waals surface area contributed by atoms with Crippen LogP contribution < -0.4 is 15.2 Å². The van der Waals surface area contributed by atoms with Crippen LogP contribution in [0.25, 0.3) is 0 Å². The van der Waals surface area contributed by atoms with Crippen molar-refractivity contribution in [1.82, 2.24) is 0 Å². The van der Waals surface area contributed by atoms with E-state index in [1.807, 2.05) is 20.8 Å². The number of nitrogens with two attached hydrogens (primary N) is 1. The van der Waals surface area contributed by atoms with Crippen molar-refractivity contribution < 1.29 is 38.5 Å². The molecule has 1 aromatic rings. The van der Waals surface area contributed by atoms with Crippen LogP contribution in [0.5, 0.6) is 11.5 Å². The lowest BCUT2D eigenvalue weighted by molar-refractivity contribution is -0.151. The molecule has 0 aliphatic heterocycles. The molecule has 0 amide bonds. The minimum Gasteiger partial charge on any atom is -0.480 e. The number of hydrogen-bond donors (Lipinski definition) is 2. The van der Waals surface area contributed by atoms with Gasteiger partial charge in [0.15, 0.2) is 11.5 Å². The number of ether oxygens (including phenoxy) is 3. The highest BCUT2D eigenvalue weighted by molar-refractivity contribution is 5.77. The second-order valence-electron chi connectivity index (χ2n) is 9.11. The van der Waals surface area contributed by atoms with E-state index in [2.05, 4.69) is 0 Å². The SMILES string of the molecule is CCC(=O)Oc1ccc(C(CC(C)OC(=O)CC(C)(C)C)[C@H](N)C(=O)O)cc1OC(=O)CC. The molecule has 184 valence electrons. The number of esters is 3. The van der Waals surface area contributed by atoms with Crippen LogP contribution in [0.4, 0.5) is 0 Å². The Morgan fingerprint density at radius 3 is 2.00 bits per heavy atom. The first-order valence-corrected chi connectivity index (χ1v) is 11.0. The zero-order valence-electron chi connectivity index (χ0n) is 20.2. The zero-order chi connectivity index (χ0) is 25.3. The number of benzene rings is 1. The van der Waals surface area contributed by atoms with Gasteiger partial charge in [0.1, 0.15) is 6.04 Å². The number of rotatable bonds is 11. The summed E-state index contributed by atoms with van der Waals surface area (Å²) in [5.74, 6) is -3.44. The number of carboxylic acid groups (broad SMARTS) is 1. The number of carbonyl (C=O) groups excluding carboxylic acids is 3. The van der Waals surface area contributed by atoms with Gasteiger partial charge in [0.05, 0.1) is 12.5 Å². The van der Waals surface area contributed by atoms with Crippen LogP contribution >= 0.6 is 0 Å². The van der Waals surface area contributed by atoms with Gasteiger partial charge >= 0.3 is 23.9 Å². The third-order valence-electron chi connectivity index (χ3n) is 4.73. The molecule has 33 heavy (non-hydrogen) atoms. The maximum absolute atomic E-state index is 12.2. The Kier molecular flexibility index (Phi) is 10.5. The second kappa shape index (κ2) is 12.3. The highest BCUT2D eigenvalue weighted by Crippen LogP contribution is 2.35. The topological polar surface area (TPSA) is 142 Å². The van der Waals surface area contributed by atoms with Crippen molar-refractivity contribution in [2.24, 2.45) is 11.1 Å². The van der Waals surface area contributed by atoms with Crippen LogP contribution in [0.1, 0.15) is 78.7 Å². The highest BCUT2D eigenvalue weighted by Gasteiger charge is 2.30. The van der Waals surface area contributed by atoms with E-state index >= 15 is 0 Å². The minimum absolute atomic E-state index is 0.0129. The van der Waals surface area contributed by atoms with E-state index in [0.717, 1.165) is 0 Å². The van der Waals surface area contributed by atoms with Crippen molar-refractivity contribution in [2.45, 2.75) is 85.3 Å². The fourth-order valence-electron chi connectivity index (χ4n) is 3.08. The maximum Gasteiger partial charge on any atom is 0.321 e. The molecule has 0 aromatic heterocycles. The lowest BCUT2D eigenvalue weighted by atomic mass is 9.86. The molecule has 1 aromatic carbocycles. The molecule has 0 spiro atoms. The zero-order valence-corrected chi connectivity index (χ0v) is 20.2. The van der Waals surface area contributed by atoms with E-state index < -0.39 is 41.9 Å². The minimum atomic E-state index is -1.31. The standard InChI is InChI=1S/C24H35NO8/c1-7-19(26)32-17-10-9-15(12-18(17)33-20(27)8-2)16(22(25)23(29)30)11-14(3)31-21(28)13-24(4,5)6/h9-10,12,14,16,22H,7-8,11,13,25H2,1-6H3,(H,29,30)/t14?,16?,22-/m0/s1. The first-order chi connectivity index (χ1) is 15.3. The van der Waals surface area contributed by atoms with Crippen LogP contribution in [0.2, 0.25) is 0 Å². The lowest BCUT2D eigenvalue weighted by Gasteiger charge is -2.26. The average Bonchev–Trinajstić information content (AvgIpc) is 2.70. The largest absolute Gasteiger partial charge is 0.480 e. The summed E-state index contributed by atoms with van der Waals surface area (Å²) < 4.78 is 16.0. The Hall–Kier alpha value is -2.94. The van der Waals surface area contributed by atoms with E-state index in [4.69, 9.17) is 19.9 Å². The predicted molar refractivity (Wildman–Crippen MR) is 121 cm³/mol. The van der Waals surface area contributed by atoms with Crippen LogP contribution in [0.15, 0.2) is 18.2 Å². The molecule has 9 heteroatoms. The van der Waals surface area contributed by atoms with E-state index in [-0.39, 0.29) is 42.6 Å². The van der Waals surface area contributed by atoms with Gasteiger partial charge in [-0.2, -0.15) is 0 Å². The number of carboxylic acids is 1. The number of carbonyl (C=O) groups is 4. The maximum atomic E-state index is 12.2. The van der Waals surface area contributed by atoms with Gasteiger partial charge in [0.2, 0.25) is 0 Å². The molecule has 3 N–H and O–H groups in total. The van der Waals surface area contributed by atoms with Gasteiger partial charge in [-0.05, 0) is 36.5 Å². The molecule has 2 unspecified atom stereocenters. The molecule has 0 aliphatic rings.